The smallest absolute Gasteiger partial charge is 0.222 e. The van der Waals surface area contributed by atoms with Crippen LogP contribution in [0.5, 0.6) is 0 Å². The van der Waals surface area contributed by atoms with Gasteiger partial charge in [-0.3, -0.25) is 4.79 Å². The fourth-order valence-corrected chi connectivity index (χ4v) is 5.11. The number of hydrogen-bond acceptors (Lipinski definition) is 4. The Morgan fingerprint density at radius 1 is 0.938 bits per heavy atom. The van der Waals surface area contributed by atoms with E-state index >= 15 is 0 Å². The highest BCUT2D eigenvalue weighted by Crippen LogP contribution is 2.28. The molecule has 2 aromatic carbocycles. The van der Waals surface area contributed by atoms with Crippen molar-refractivity contribution in [3.63, 3.8) is 0 Å². The molecule has 0 unspecified atom stereocenters. The number of hydrogen-bond donors (Lipinski definition) is 2. The monoisotopic (exact) mass is 436 g/mol. The summed E-state index contributed by atoms with van der Waals surface area (Å²) in [7, 11) is 0. The van der Waals surface area contributed by atoms with Crippen molar-refractivity contribution in [1.29, 1.82) is 0 Å². The summed E-state index contributed by atoms with van der Waals surface area (Å²) in [5.74, 6) is 0.731. The van der Waals surface area contributed by atoms with Crippen LogP contribution in [0.15, 0.2) is 60.7 Å². The van der Waals surface area contributed by atoms with Gasteiger partial charge in [-0.1, -0.05) is 60.7 Å². The quantitative estimate of drug-likeness (QED) is 0.701. The third kappa shape index (κ3) is 5.97. The fraction of sp³-hybridized carbons (Fsp3) is 0.519. The second kappa shape index (κ2) is 10.6. The van der Waals surface area contributed by atoms with Crippen LogP contribution in [0, 0.1) is 5.92 Å². The molecule has 32 heavy (non-hydrogen) atoms. The average molecular weight is 437 g/mol. The van der Waals surface area contributed by atoms with E-state index in [0.717, 1.165) is 37.9 Å². The van der Waals surface area contributed by atoms with Crippen LogP contribution in [-0.4, -0.2) is 70.3 Å². The lowest BCUT2D eigenvalue weighted by molar-refractivity contribution is -0.154. The van der Waals surface area contributed by atoms with Gasteiger partial charge in [-0.05, 0) is 62.2 Å². The third-order valence-corrected chi connectivity index (χ3v) is 7.22. The van der Waals surface area contributed by atoms with Gasteiger partial charge in [-0.2, -0.15) is 0 Å². The van der Waals surface area contributed by atoms with Crippen LogP contribution in [0.4, 0.5) is 0 Å². The maximum Gasteiger partial charge on any atom is 0.222 e. The number of amides is 1. The van der Waals surface area contributed by atoms with Crippen molar-refractivity contribution in [1.82, 2.24) is 9.80 Å². The maximum atomic E-state index is 12.6. The van der Waals surface area contributed by atoms with Crippen molar-refractivity contribution in [3.05, 3.63) is 71.8 Å². The molecule has 0 aliphatic carbocycles. The van der Waals surface area contributed by atoms with Gasteiger partial charge in [0.05, 0.1) is 0 Å². The fourth-order valence-electron chi connectivity index (χ4n) is 5.11. The summed E-state index contributed by atoms with van der Waals surface area (Å²) >= 11 is 0. The summed E-state index contributed by atoms with van der Waals surface area (Å²) in [6.07, 6.45) is 4.00. The van der Waals surface area contributed by atoms with Crippen molar-refractivity contribution >= 4 is 5.91 Å². The molecule has 2 N–H and O–H groups in total. The molecule has 2 fully saturated rings. The van der Waals surface area contributed by atoms with Crippen molar-refractivity contribution in [2.75, 3.05) is 32.7 Å². The van der Waals surface area contributed by atoms with E-state index in [0.29, 0.717) is 38.3 Å². The lowest BCUT2D eigenvalue weighted by Gasteiger charge is -2.45. The van der Waals surface area contributed by atoms with E-state index < -0.39 is 11.7 Å². The number of likely N-dealkylation sites (tertiary alicyclic amines) is 2. The molecular formula is C27H36N2O3. The van der Waals surface area contributed by atoms with Gasteiger partial charge < -0.3 is 20.0 Å². The van der Waals surface area contributed by atoms with E-state index in [1.807, 2.05) is 30.3 Å². The lowest BCUT2D eigenvalue weighted by Crippen LogP contribution is -2.61. The van der Waals surface area contributed by atoms with Crippen molar-refractivity contribution in [3.8, 4) is 0 Å². The molecule has 5 heteroatoms. The van der Waals surface area contributed by atoms with Gasteiger partial charge in [-0.15, -0.1) is 0 Å². The normalized spacial score (nSPS) is 25.1. The van der Waals surface area contributed by atoms with E-state index in [9.17, 15) is 15.0 Å². The van der Waals surface area contributed by atoms with E-state index in [-0.39, 0.29) is 12.5 Å². The molecule has 0 aromatic heterocycles. The van der Waals surface area contributed by atoms with Crippen LogP contribution in [0.1, 0.15) is 36.8 Å². The summed E-state index contributed by atoms with van der Waals surface area (Å²) in [5, 5.41) is 21.9. The number of aryl methyl sites for hydroxylation is 1. The highest BCUT2D eigenvalue weighted by atomic mass is 16.3. The van der Waals surface area contributed by atoms with Gasteiger partial charge in [0.25, 0.3) is 0 Å². The average Bonchev–Trinajstić information content (AvgIpc) is 2.82. The standard InChI is InChI=1S/C27H36N2O3/c30-25-20-29(26(31)12-11-22-7-3-1-4-8-22)18-15-27(25,32)21-28-16-13-24(14-17-28)19-23-9-5-2-6-10-23/h1-10,24-25,30,32H,11-21H2/t25-,27-/m0/s1. The minimum atomic E-state index is -1.14. The zero-order chi connectivity index (χ0) is 22.4. The Morgan fingerprint density at radius 3 is 2.19 bits per heavy atom. The molecule has 2 aromatic rings. The van der Waals surface area contributed by atoms with E-state index in [1.165, 1.54) is 5.56 Å². The van der Waals surface area contributed by atoms with Crippen LogP contribution in [0.25, 0.3) is 0 Å². The maximum absolute atomic E-state index is 12.6. The molecule has 5 nitrogen and oxygen atoms in total. The Kier molecular flexibility index (Phi) is 7.61. The van der Waals surface area contributed by atoms with Gasteiger partial charge in [-0.25, -0.2) is 0 Å². The number of carbonyl (C=O) groups is 1. The van der Waals surface area contributed by atoms with Crippen molar-refractivity contribution in [2.24, 2.45) is 5.92 Å². The number of aliphatic hydroxyl groups excluding tert-OH is 1. The summed E-state index contributed by atoms with van der Waals surface area (Å²) in [6.45, 7) is 3.11. The number of β-amino-alcohol motifs (C(OH)–C–C–N with tert-alkyl or cyclic N) is 2. The first kappa shape index (κ1) is 23.0. The predicted molar refractivity (Wildman–Crippen MR) is 126 cm³/mol. The first-order chi connectivity index (χ1) is 15.5. The minimum Gasteiger partial charge on any atom is -0.388 e. The molecule has 2 aliphatic heterocycles. The molecule has 0 bridgehead atoms. The summed E-state index contributed by atoms with van der Waals surface area (Å²) in [4.78, 5) is 16.6. The number of rotatable bonds is 7. The molecule has 2 atom stereocenters. The Bertz CT molecular complexity index is 852. The van der Waals surface area contributed by atoms with Crippen molar-refractivity contribution in [2.45, 2.75) is 50.2 Å². The van der Waals surface area contributed by atoms with Crippen LogP contribution in [0.3, 0.4) is 0 Å². The van der Waals surface area contributed by atoms with Gasteiger partial charge in [0, 0.05) is 26.1 Å². The third-order valence-electron chi connectivity index (χ3n) is 7.22. The largest absolute Gasteiger partial charge is 0.388 e. The molecule has 0 spiro atoms. The first-order valence-corrected chi connectivity index (χ1v) is 12.0. The second-order valence-corrected chi connectivity index (χ2v) is 9.60. The number of nitrogens with zero attached hydrogens (tertiary/aromatic N) is 2. The topological polar surface area (TPSA) is 64.0 Å². The molecule has 2 saturated heterocycles. The molecule has 4 rings (SSSR count). The van der Waals surface area contributed by atoms with Crippen molar-refractivity contribution < 1.29 is 15.0 Å². The molecule has 2 heterocycles. The second-order valence-electron chi connectivity index (χ2n) is 9.60. The molecule has 0 radical (unpaired) electrons. The van der Waals surface area contributed by atoms with Crippen LogP contribution in [-0.2, 0) is 17.6 Å². The predicted octanol–water partition coefficient (Wildman–Crippen LogP) is 2.90. The minimum absolute atomic E-state index is 0.0525. The van der Waals surface area contributed by atoms with Crippen LogP contribution >= 0.6 is 0 Å². The Hall–Kier alpha value is -2.21. The van der Waals surface area contributed by atoms with Gasteiger partial charge in [0.1, 0.15) is 11.7 Å². The Labute approximate surface area is 191 Å². The lowest BCUT2D eigenvalue weighted by atomic mass is 9.85. The summed E-state index contributed by atoms with van der Waals surface area (Å²) in [5.41, 5.74) is 1.40. The number of piperidine rings is 2. The van der Waals surface area contributed by atoms with Crippen LogP contribution < -0.4 is 0 Å². The van der Waals surface area contributed by atoms with Gasteiger partial charge in [0.15, 0.2) is 0 Å². The zero-order valence-corrected chi connectivity index (χ0v) is 18.9. The van der Waals surface area contributed by atoms with E-state index in [4.69, 9.17) is 0 Å². The summed E-state index contributed by atoms with van der Waals surface area (Å²) < 4.78 is 0. The van der Waals surface area contributed by atoms with Crippen LogP contribution in [0.2, 0.25) is 0 Å². The Morgan fingerprint density at radius 2 is 1.56 bits per heavy atom. The van der Waals surface area contributed by atoms with Gasteiger partial charge in [0.2, 0.25) is 5.91 Å². The number of benzene rings is 2. The van der Waals surface area contributed by atoms with E-state index in [2.05, 4.69) is 35.2 Å². The van der Waals surface area contributed by atoms with Gasteiger partial charge >= 0.3 is 0 Å². The highest BCUT2D eigenvalue weighted by Gasteiger charge is 2.43. The first-order valence-electron chi connectivity index (χ1n) is 12.0. The van der Waals surface area contributed by atoms with E-state index in [1.54, 1.807) is 4.90 Å². The molecular weight excluding hydrogens is 400 g/mol. The number of aliphatic hydroxyl groups is 2. The molecule has 172 valence electrons. The SMILES string of the molecule is O=C(CCc1ccccc1)N1CC[C@](O)(CN2CCC(Cc3ccccc3)CC2)[C@@H](O)C1. The highest BCUT2D eigenvalue weighted by molar-refractivity contribution is 5.76. The number of carbonyl (C=O) groups excluding carboxylic acids is 1. The summed E-state index contributed by atoms with van der Waals surface area (Å²) in [6, 6.07) is 20.6. The Balaban J connectivity index is 1.22. The zero-order valence-electron chi connectivity index (χ0n) is 18.9. The molecule has 1 amide bonds. The molecule has 0 saturated carbocycles. The molecule has 2 aliphatic rings.